The number of methoxy groups -OCH3 is 1. The fourth-order valence-corrected chi connectivity index (χ4v) is 1.98. The first-order chi connectivity index (χ1) is 6.57. The lowest BCUT2D eigenvalue weighted by Crippen LogP contribution is -2.31. The van der Waals surface area contributed by atoms with Crippen LogP contribution in [0.2, 0.25) is 0 Å². The molecule has 0 spiro atoms. The second-order valence-corrected chi connectivity index (χ2v) is 4.03. The molecule has 1 N–H and O–H groups in total. The molecule has 0 aliphatic carbocycles. The molecule has 0 aromatic carbocycles. The highest BCUT2D eigenvalue weighted by molar-refractivity contribution is 4.94. The van der Waals surface area contributed by atoms with Gasteiger partial charge in [-0.3, -0.25) is 0 Å². The number of fused-ring (bicyclic) bond motifs is 1. The standard InChI is InChI=1S/C9H16O5/c1-9(2)13-6-5(4-10)12-8(11-3)7(6)14-9/h5-8,10H,4H2,1-3H3/t5-,6+,7?,8?/m1/s1. The van der Waals surface area contributed by atoms with Crippen LogP contribution in [0.25, 0.3) is 0 Å². The molecule has 0 radical (unpaired) electrons. The monoisotopic (exact) mass is 204 g/mol. The Kier molecular flexibility index (Phi) is 2.53. The van der Waals surface area contributed by atoms with E-state index < -0.39 is 12.1 Å². The number of ether oxygens (including phenoxy) is 4. The van der Waals surface area contributed by atoms with E-state index in [0.29, 0.717) is 0 Å². The minimum absolute atomic E-state index is 0.0829. The summed E-state index contributed by atoms with van der Waals surface area (Å²) < 4.78 is 21.8. The van der Waals surface area contributed by atoms with Gasteiger partial charge in [0.2, 0.25) is 0 Å². The van der Waals surface area contributed by atoms with Gasteiger partial charge in [0.25, 0.3) is 0 Å². The lowest BCUT2D eigenvalue weighted by atomic mass is 10.1. The summed E-state index contributed by atoms with van der Waals surface area (Å²) in [5, 5.41) is 9.08. The van der Waals surface area contributed by atoms with Crippen molar-refractivity contribution in [3.63, 3.8) is 0 Å². The molecule has 2 rings (SSSR count). The van der Waals surface area contributed by atoms with Crippen molar-refractivity contribution in [2.45, 2.75) is 44.2 Å². The molecule has 2 fully saturated rings. The lowest BCUT2D eigenvalue weighted by Gasteiger charge is -2.22. The Morgan fingerprint density at radius 2 is 1.93 bits per heavy atom. The molecule has 0 aromatic rings. The maximum Gasteiger partial charge on any atom is 0.186 e. The summed E-state index contributed by atoms with van der Waals surface area (Å²) in [6, 6.07) is 0. The van der Waals surface area contributed by atoms with Crippen LogP contribution in [-0.2, 0) is 18.9 Å². The third kappa shape index (κ3) is 1.55. The molecule has 82 valence electrons. The first-order valence-electron chi connectivity index (χ1n) is 4.72. The maximum atomic E-state index is 9.08. The van der Waals surface area contributed by atoms with Crippen LogP contribution in [0.3, 0.4) is 0 Å². The van der Waals surface area contributed by atoms with E-state index in [0.717, 1.165) is 0 Å². The Labute approximate surface area is 82.9 Å². The van der Waals surface area contributed by atoms with Crippen LogP contribution in [0.4, 0.5) is 0 Å². The molecule has 0 amide bonds. The first-order valence-corrected chi connectivity index (χ1v) is 4.72. The van der Waals surface area contributed by atoms with Crippen molar-refractivity contribution in [1.82, 2.24) is 0 Å². The molecule has 14 heavy (non-hydrogen) atoms. The van der Waals surface area contributed by atoms with Gasteiger partial charge in [-0.15, -0.1) is 0 Å². The molecule has 2 aliphatic rings. The number of aliphatic hydroxyl groups is 1. The summed E-state index contributed by atoms with van der Waals surface area (Å²) in [6.45, 7) is 3.60. The third-order valence-electron chi connectivity index (χ3n) is 2.52. The molecule has 2 heterocycles. The zero-order valence-corrected chi connectivity index (χ0v) is 8.60. The minimum Gasteiger partial charge on any atom is -0.394 e. The normalized spacial score (nSPS) is 45.4. The van der Waals surface area contributed by atoms with Gasteiger partial charge in [-0.25, -0.2) is 0 Å². The Hall–Kier alpha value is -0.200. The van der Waals surface area contributed by atoms with Gasteiger partial charge in [0.15, 0.2) is 12.1 Å². The first kappa shape index (κ1) is 10.3. The Bertz CT molecular complexity index is 197. The van der Waals surface area contributed by atoms with E-state index in [-0.39, 0.29) is 24.9 Å². The van der Waals surface area contributed by atoms with E-state index in [4.69, 9.17) is 24.1 Å². The number of rotatable bonds is 2. The molecule has 5 heteroatoms. The fourth-order valence-electron chi connectivity index (χ4n) is 1.98. The summed E-state index contributed by atoms with van der Waals surface area (Å²) in [6.07, 6.45) is -1.28. The minimum atomic E-state index is -0.622. The topological polar surface area (TPSA) is 57.2 Å². The second kappa shape index (κ2) is 3.43. The maximum absolute atomic E-state index is 9.08. The lowest BCUT2D eigenvalue weighted by molar-refractivity contribution is -0.230. The van der Waals surface area contributed by atoms with E-state index in [9.17, 15) is 0 Å². The second-order valence-electron chi connectivity index (χ2n) is 4.03. The highest BCUT2D eigenvalue weighted by Gasteiger charge is 2.55. The van der Waals surface area contributed by atoms with E-state index >= 15 is 0 Å². The van der Waals surface area contributed by atoms with Gasteiger partial charge in [-0.1, -0.05) is 0 Å². The van der Waals surface area contributed by atoms with E-state index in [1.807, 2.05) is 13.8 Å². The van der Waals surface area contributed by atoms with Crippen LogP contribution < -0.4 is 0 Å². The van der Waals surface area contributed by atoms with Crippen molar-refractivity contribution in [3.8, 4) is 0 Å². The zero-order valence-electron chi connectivity index (χ0n) is 8.60. The van der Waals surface area contributed by atoms with Gasteiger partial charge < -0.3 is 24.1 Å². The molecule has 2 saturated heterocycles. The fraction of sp³-hybridized carbons (Fsp3) is 1.00. The van der Waals surface area contributed by atoms with Gasteiger partial charge in [0.05, 0.1) is 6.61 Å². The van der Waals surface area contributed by atoms with Crippen LogP contribution in [0.15, 0.2) is 0 Å². The number of hydrogen-bond acceptors (Lipinski definition) is 5. The molecular formula is C9H16O5. The van der Waals surface area contributed by atoms with Crippen molar-refractivity contribution in [2.75, 3.05) is 13.7 Å². The van der Waals surface area contributed by atoms with Crippen LogP contribution in [0.1, 0.15) is 13.8 Å². The van der Waals surface area contributed by atoms with Crippen molar-refractivity contribution < 1.29 is 24.1 Å². The molecule has 0 saturated carbocycles. The molecule has 5 nitrogen and oxygen atoms in total. The summed E-state index contributed by atoms with van der Waals surface area (Å²) in [4.78, 5) is 0. The van der Waals surface area contributed by atoms with Gasteiger partial charge in [-0.2, -0.15) is 0 Å². The average molecular weight is 204 g/mol. The van der Waals surface area contributed by atoms with Gasteiger partial charge in [0.1, 0.15) is 18.3 Å². The Balaban J connectivity index is 2.12. The molecular weight excluding hydrogens is 188 g/mol. The van der Waals surface area contributed by atoms with Crippen LogP contribution in [-0.4, -0.2) is 49.2 Å². The Morgan fingerprint density at radius 3 is 2.50 bits per heavy atom. The highest BCUT2D eigenvalue weighted by Crippen LogP contribution is 2.38. The number of aliphatic hydroxyl groups excluding tert-OH is 1. The number of hydrogen-bond donors (Lipinski definition) is 1. The van der Waals surface area contributed by atoms with Gasteiger partial charge in [-0.05, 0) is 13.8 Å². The SMILES string of the molecule is COC1O[C@H](CO)[C@@H]2OC(C)(C)OC12. The van der Waals surface area contributed by atoms with Crippen molar-refractivity contribution >= 4 is 0 Å². The van der Waals surface area contributed by atoms with Crippen molar-refractivity contribution in [1.29, 1.82) is 0 Å². The van der Waals surface area contributed by atoms with Gasteiger partial charge >= 0.3 is 0 Å². The predicted molar refractivity (Wildman–Crippen MR) is 46.6 cm³/mol. The molecule has 2 unspecified atom stereocenters. The third-order valence-corrected chi connectivity index (χ3v) is 2.52. The predicted octanol–water partition coefficient (Wildman–Crippen LogP) is -0.130. The Morgan fingerprint density at radius 1 is 1.29 bits per heavy atom. The van der Waals surface area contributed by atoms with E-state index in [1.54, 1.807) is 7.11 Å². The summed E-state index contributed by atoms with van der Waals surface area (Å²) in [5.74, 6) is -0.622. The molecule has 0 bridgehead atoms. The van der Waals surface area contributed by atoms with Crippen molar-refractivity contribution in [2.24, 2.45) is 0 Å². The van der Waals surface area contributed by atoms with Crippen LogP contribution >= 0.6 is 0 Å². The summed E-state index contributed by atoms with van der Waals surface area (Å²) in [5.41, 5.74) is 0. The summed E-state index contributed by atoms with van der Waals surface area (Å²) in [7, 11) is 1.55. The highest BCUT2D eigenvalue weighted by atomic mass is 16.8. The average Bonchev–Trinajstić information content (AvgIpc) is 2.57. The van der Waals surface area contributed by atoms with Gasteiger partial charge in [0, 0.05) is 7.11 Å². The molecule has 0 aromatic heterocycles. The quantitative estimate of drug-likeness (QED) is 0.679. The van der Waals surface area contributed by atoms with E-state index in [1.165, 1.54) is 0 Å². The smallest absolute Gasteiger partial charge is 0.186 e. The largest absolute Gasteiger partial charge is 0.394 e. The van der Waals surface area contributed by atoms with Crippen molar-refractivity contribution in [3.05, 3.63) is 0 Å². The van der Waals surface area contributed by atoms with Crippen LogP contribution in [0, 0.1) is 0 Å². The summed E-state index contributed by atoms with van der Waals surface area (Å²) >= 11 is 0. The molecule has 2 aliphatic heterocycles. The zero-order chi connectivity index (χ0) is 10.3. The molecule has 4 atom stereocenters. The van der Waals surface area contributed by atoms with E-state index in [2.05, 4.69) is 0 Å². The van der Waals surface area contributed by atoms with Crippen LogP contribution in [0.5, 0.6) is 0 Å².